The molecule has 0 saturated carbocycles. The fourth-order valence-corrected chi connectivity index (χ4v) is 2.97. The third-order valence-electron chi connectivity index (χ3n) is 2.20. The molecule has 0 spiro atoms. The lowest BCUT2D eigenvalue weighted by Gasteiger charge is -2.14. The summed E-state index contributed by atoms with van der Waals surface area (Å²) in [6, 6.07) is 5.02. The van der Waals surface area contributed by atoms with Crippen molar-refractivity contribution in [3.05, 3.63) is 28.2 Å². The summed E-state index contributed by atoms with van der Waals surface area (Å²) in [5, 5.41) is 9.75. The minimum absolute atomic E-state index is 0.103. The molecule has 3 N–H and O–H groups in total. The average Bonchev–Trinajstić information content (AvgIpc) is 2.15. The van der Waals surface area contributed by atoms with Crippen LogP contribution < -0.4 is 11.0 Å². The van der Waals surface area contributed by atoms with Crippen molar-refractivity contribution in [1.29, 1.82) is 0 Å². The van der Waals surface area contributed by atoms with Gasteiger partial charge in [0.1, 0.15) is 7.14 Å². The molecular weight excluding hydrogens is 277 g/mol. The van der Waals surface area contributed by atoms with Crippen LogP contribution in [0.5, 0.6) is 0 Å². The van der Waals surface area contributed by atoms with Gasteiger partial charge >= 0.3 is 0 Å². The summed E-state index contributed by atoms with van der Waals surface area (Å²) >= 11 is 3.37. The Labute approximate surface area is 98.2 Å². The number of aliphatic hydroxyl groups excluding tert-OH is 1. The first kappa shape index (κ1) is 12.9. The van der Waals surface area contributed by atoms with Crippen molar-refractivity contribution in [2.45, 2.75) is 6.04 Å². The summed E-state index contributed by atoms with van der Waals surface area (Å²) in [4.78, 5) is 0. The van der Waals surface area contributed by atoms with Crippen LogP contribution in [0.4, 0.5) is 0 Å². The highest BCUT2D eigenvalue weighted by Crippen LogP contribution is 2.36. The van der Waals surface area contributed by atoms with Crippen molar-refractivity contribution in [1.82, 2.24) is 0 Å². The molecule has 0 bridgehead atoms. The van der Waals surface area contributed by atoms with Crippen LogP contribution in [0.2, 0.25) is 0 Å². The second-order valence-electron chi connectivity index (χ2n) is 3.85. The van der Waals surface area contributed by atoms with Crippen molar-refractivity contribution in [3.63, 3.8) is 0 Å². The molecule has 1 unspecified atom stereocenters. The molecule has 0 aliphatic rings. The lowest BCUT2D eigenvalue weighted by molar-refractivity contribution is 0.267. The third-order valence-corrected chi connectivity index (χ3v) is 4.41. The standard InChI is InChI=1S/C10H15BrNO2P/c1-15(2,14)7-3-4-8(9(11)5-7)10(12)6-13/h3-5,10,13H,6,12H2,1-2H3. The first-order chi connectivity index (χ1) is 6.86. The summed E-state index contributed by atoms with van der Waals surface area (Å²) in [5.74, 6) is 0. The van der Waals surface area contributed by atoms with Crippen LogP contribution in [-0.2, 0) is 4.57 Å². The van der Waals surface area contributed by atoms with Gasteiger partial charge in [-0.2, -0.15) is 0 Å². The molecule has 0 heterocycles. The fraction of sp³-hybridized carbons (Fsp3) is 0.400. The molecule has 84 valence electrons. The second kappa shape index (κ2) is 4.79. The third kappa shape index (κ3) is 3.15. The smallest absolute Gasteiger partial charge is 0.109 e. The van der Waals surface area contributed by atoms with E-state index in [4.69, 9.17) is 10.8 Å². The molecule has 3 nitrogen and oxygen atoms in total. The van der Waals surface area contributed by atoms with Gasteiger partial charge in [0.2, 0.25) is 0 Å². The maximum atomic E-state index is 11.8. The van der Waals surface area contributed by atoms with Gasteiger partial charge in [0.15, 0.2) is 0 Å². The quantitative estimate of drug-likeness (QED) is 0.833. The minimum Gasteiger partial charge on any atom is -0.394 e. The molecule has 0 aliphatic heterocycles. The van der Waals surface area contributed by atoms with E-state index in [0.717, 1.165) is 15.3 Å². The van der Waals surface area contributed by atoms with Gasteiger partial charge in [-0.1, -0.05) is 28.1 Å². The van der Waals surface area contributed by atoms with Gasteiger partial charge in [-0.3, -0.25) is 0 Å². The van der Waals surface area contributed by atoms with E-state index in [9.17, 15) is 4.57 Å². The molecule has 1 aromatic rings. The lowest BCUT2D eigenvalue weighted by atomic mass is 10.1. The van der Waals surface area contributed by atoms with Crippen molar-refractivity contribution >= 4 is 28.4 Å². The summed E-state index contributed by atoms with van der Waals surface area (Å²) in [7, 11) is -2.24. The molecule has 1 aromatic carbocycles. The lowest BCUT2D eigenvalue weighted by Crippen LogP contribution is -2.16. The zero-order chi connectivity index (χ0) is 11.6. The monoisotopic (exact) mass is 291 g/mol. The van der Waals surface area contributed by atoms with Crippen molar-refractivity contribution in [2.75, 3.05) is 19.9 Å². The number of halogens is 1. The van der Waals surface area contributed by atoms with E-state index in [2.05, 4.69) is 15.9 Å². The highest BCUT2D eigenvalue weighted by Gasteiger charge is 2.15. The van der Waals surface area contributed by atoms with E-state index in [1.165, 1.54) is 0 Å². The van der Waals surface area contributed by atoms with Gasteiger partial charge in [0, 0.05) is 9.78 Å². The van der Waals surface area contributed by atoms with Gasteiger partial charge < -0.3 is 15.4 Å². The number of rotatable bonds is 3. The molecule has 0 fully saturated rings. The van der Waals surface area contributed by atoms with Gasteiger partial charge in [-0.15, -0.1) is 0 Å². The fourth-order valence-electron chi connectivity index (χ4n) is 1.25. The minimum atomic E-state index is -2.24. The molecule has 0 amide bonds. The highest BCUT2D eigenvalue weighted by atomic mass is 79.9. The summed E-state index contributed by atoms with van der Waals surface area (Å²) in [6.07, 6.45) is 0. The number of nitrogens with two attached hydrogens (primary N) is 1. The van der Waals surface area contributed by atoms with E-state index in [1.807, 2.05) is 6.07 Å². The largest absolute Gasteiger partial charge is 0.394 e. The van der Waals surface area contributed by atoms with Crippen LogP contribution in [0.3, 0.4) is 0 Å². The Morgan fingerprint density at radius 1 is 1.53 bits per heavy atom. The topological polar surface area (TPSA) is 63.3 Å². The van der Waals surface area contributed by atoms with E-state index < -0.39 is 13.2 Å². The Morgan fingerprint density at radius 3 is 2.53 bits per heavy atom. The molecule has 15 heavy (non-hydrogen) atoms. The number of aliphatic hydroxyl groups is 1. The Balaban J connectivity index is 3.15. The molecule has 0 saturated heterocycles. The van der Waals surface area contributed by atoms with Gasteiger partial charge in [0.25, 0.3) is 0 Å². The van der Waals surface area contributed by atoms with Crippen molar-refractivity contribution < 1.29 is 9.67 Å². The predicted octanol–water partition coefficient (Wildman–Crippen LogP) is 1.69. The van der Waals surface area contributed by atoms with Crippen LogP contribution in [0.1, 0.15) is 11.6 Å². The number of hydrogen-bond acceptors (Lipinski definition) is 3. The normalized spacial score (nSPS) is 13.9. The van der Waals surface area contributed by atoms with Gasteiger partial charge in [0.05, 0.1) is 12.6 Å². The highest BCUT2D eigenvalue weighted by molar-refractivity contribution is 9.10. The van der Waals surface area contributed by atoms with Crippen LogP contribution >= 0.6 is 23.1 Å². The zero-order valence-corrected chi connectivity index (χ0v) is 11.3. The summed E-state index contributed by atoms with van der Waals surface area (Å²) in [5.41, 5.74) is 6.53. The molecule has 1 rings (SSSR count). The van der Waals surface area contributed by atoms with E-state index in [0.29, 0.717) is 0 Å². The van der Waals surface area contributed by atoms with Crippen LogP contribution in [0.25, 0.3) is 0 Å². The maximum absolute atomic E-state index is 11.8. The SMILES string of the molecule is CP(C)(=O)c1ccc(C(N)CO)c(Br)c1. The van der Waals surface area contributed by atoms with Crippen molar-refractivity contribution in [2.24, 2.45) is 5.73 Å². The number of benzene rings is 1. The molecule has 0 radical (unpaired) electrons. The first-order valence-electron chi connectivity index (χ1n) is 4.57. The van der Waals surface area contributed by atoms with E-state index in [1.54, 1.807) is 25.5 Å². The molecule has 0 aromatic heterocycles. The molecular formula is C10H15BrNO2P. The second-order valence-corrected chi connectivity index (χ2v) is 7.92. The van der Waals surface area contributed by atoms with E-state index >= 15 is 0 Å². The Morgan fingerprint density at radius 2 is 2.13 bits per heavy atom. The van der Waals surface area contributed by atoms with Crippen LogP contribution in [0.15, 0.2) is 22.7 Å². The Bertz CT molecular complexity index is 402. The zero-order valence-electron chi connectivity index (χ0n) is 8.77. The van der Waals surface area contributed by atoms with E-state index in [-0.39, 0.29) is 6.61 Å². The molecule has 1 atom stereocenters. The Hall–Kier alpha value is -0.150. The van der Waals surface area contributed by atoms with Crippen LogP contribution in [0, 0.1) is 0 Å². The van der Waals surface area contributed by atoms with Crippen LogP contribution in [-0.4, -0.2) is 25.0 Å². The number of hydrogen-bond donors (Lipinski definition) is 2. The maximum Gasteiger partial charge on any atom is 0.109 e. The first-order valence-corrected chi connectivity index (χ1v) is 7.97. The molecule has 0 aliphatic carbocycles. The molecule has 5 heteroatoms. The predicted molar refractivity (Wildman–Crippen MR) is 67.2 cm³/mol. The summed E-state index contributed by atoms with van der Waals surface area (Å²) in [6.45, 7) is 3.34. The van der Waals surface area contributed by atoms with Crippen molar-refractivity contribution in [3.8, 4) is 0 Å². The average molecular weight is 292 g/mol. The van der Waals surface area contributed by atoms with Gasteiger partial charge in [-0.05, 0) is 25.0 Å². The Kier molecular flexibility index (Phi) is 4.13. The van der Waals surface area contributed by atoms with Gasteiger partial charge in [-0.25, -0.2) is 0 Å². The summed E-state index contributed by atoms with van der Waals surface area (Å²) < 4.78 is 12.6.